The van der Waals surface area contributed by atoms with Crippen LogP contribution in [0.5, 0.6) is 0 Å². The van der Waals surface area contributed by atoms with E-state index in [1.165, 1.54) is 6.92 Å². The van der Waals surface area contributed by atoms with Crippen molar-refractivity contribution in [2.24, 2.45) is 0 Å². The summed E-state index contributed by atoms with van der Waals surface area (Å²) in [6.45, 7) is 1.45. The fraction of sp³-hybridized carbons (Fsp3) is 0.312. The summed E-state index contributed by atoms with van der Waals surface area (Å²) in [4.78, 5) is 12.2. The van der Waals surface area contributed by atoms with E-state index in [2.05, 4.69) is 5.32 Å². The first kappa shape index (κ1) is 14.1. The summed E-state index contributed by atoms with van der Waals surface area (Å²) in [5.74, 6) is -0.411. The van der Waals surface area contributed by atoms with Gasteiger partial charge in [0.15, 0.2) is 9.84 Å². The summed E-state index contributed by atoms with van der Waals surface area (Å²) in [5.41, 5.74) is 0. The second kappa shape index (κ2) is 5.15. The molecular weight excluding hydrogens is 286 g/mol. The molecule has 3 rings (SSSR count). The van der Waals surface area contributed by atoms with E-state index < -0.39 is 21.0 Å². The van der Waals surface area contributed by atoms with Crippen LogP contribution >= 0.6 is 0 Å². The number of hydrogen-bond acceptors (Lipinski definition) is 3. The van der Waals surface area contributed by atoms with Crippen LogP contribution < -0.4 is 5.32 Å². The van der Waals surface area contributed by atoms with Crippen molar-refractivity contribution in [3.05, 3.63) is 42.5 Å². The van der Waals surface area contributed by atoms with Crippen molar-refractivity contribution >= 4 is 26.5 Å². The van der Waals surface area contributed by atoms with E-state index in [0.717, 1.165) is 23.6 Å². The first-order valence-electron chi connectivity index (χ1n) is 7.01. The highest BCUT2D eigenvalue weighted by atomic mass is 32.2. The Bertz CT molecular complexity index is 794. The highest BCUT2D eigenvalue weighted by Crippen LogP contribution is 2.24. The lowest BCUT2D eigenvalue weighted by atomic mass is 10.1. The third-order valence-electron chi connectivity index (χ3n) is 3.81. The van der Waals surface area contributed by atoms with E-state index in [0.29, 0.717) is 0 Å². The summed E-state index contributed by atoms with van der Waals surface area (Å²) < 4.78 is 25.1. The van der Waals surface area contributed by atoms with Gasteiger partial charge >= 0.3 is 0 Å². The van der Waals surface area contributed by atoms with E-state index >= 15 is 0 Å². The monoisotopic (exact) mass is 303 g/mol. The van der Waals surface area contributed by atoms with Gasteiger partial charge in [0.05, 0.1) is 4.90 Å². The van der Waals surface area contributed by atoms with Gasteiger partial charge < -0.3 is 5.32 Å². The number of benzene rings is 2. The number of fused-ring (bicyclic) bond motifs is 1. The average Bonchev–Trinajstić information content (AvgIpc) is 3.29. The molecule has 110 valence electrons. The van der Waals surface area contributed by atoms with Crippen molar-refractivity contribution in [2.45, 2.75) is 36.0 Å². The van der Waals surface area contributed by atoms with Crippen molar-refractivity contribution in [1.82, 2.24) is 5.32 Å². The lowest BCUT2D eigenvalue weighted by molar-refractivity contribution is -0.120. The number of nitrogens with one attached hydrogen (secondary N) is 1. The zero-order valence-corrected chi connectivity index (χ0v) is 12.6. The fourth-order valence-electron chi connectivity index (χ4n) is 2.24. The van der Waals surface area contributed by atoms with Crippen LogP contribution in [0.15, 0.2) is 47.4 Å². The molecule has 1 amide bonds. The van der Waals surface area contributed by atoms with Crippen molar-refractivity contribution in [3.8, 4) is 0 Å². The maximum atomic E-state index is 12.6. The van der Waals surface area contributed by atoms with Crippen molar-refractivity contribution < 1.29 is 13.2 Å². The Morgan fingerprint density at radius 1 is 1.14 bits per heavy atom. The quantitative estimate of drug-likeness (QED) is 0.942. The molecule has 2 aromatic carbocycles. The van der Waals surface area contributed by atoms with Gasteiger partial charge in [-0.2, -0.15) is 0 Å². The molecule has 0 aromatic heterocycles. The molecule has 1 aliphatic rings. The summed E-state index contributed by atoms with van der Waals surface area (Å²) in [6, 6.07) is 12.7. The van der Waals surface area contributed by atoms with Crippen LogP contribution in [0.3, 0.4) is 0 Å². The van der Waals surface area contributed by atoms with E-state index in [1.54, 1.807) is 18.2 Å². The van der Waals surface area contributed by atoms with Crippen LogP contribution in [0.4, 0.5) is 0 Å². The van der Waals surface area contributed by atoms with Crippen LogP contribution in [0.1, 0.15) is 19.8 Å². The van der Waals surface area contributed by atoms with Gasteiger partial charge in [-0.25, -0.2) is 8.42 Å². The predicted octanol–water partition coefficient (Wildman–Crippen LogP) is 2.28. The molecule has 0 bridgehead atoms. The molecule has 21 heavy (non-hydrogen) atoms. The summed E-state index contributed by atoms with van der Waals surface area (Å²) in [5, 5.41) is 3.51. The Hall–Kier alpha value is -1.88. The molecule has 1 atom stereocenters. The van der Waals surface area contributed by atoms with Gasteiger partial charge in [-0.3, -0.25) is 4.79 Å². The van der Waals surface area contributed by atoms with Gasteiger partial charge in [0.1, 0.15) is 5.25 Å². The van der Waals surface area contributed by atoms with Crippen molar-refractivity contribution in [3.63, 3.8) is 0 Å². The minimum Gasteiger partial charge on any atom is -0.352 e. The van der Waals surface area contributed by atoms with Gasteiger partial charge in [-0.15, -0.1) is 0 Å². The summed E-state index contributed by atoms with van der Waals surface area (Å²) in [7, 11) is -3.66. The van der Waals surface area contributed by atoms with Crippen LogP contribution in [0.25, 0.3) is 10.8 Å². The normalized spacial score (nSPS) is 16.6. The molecule has 4 nitrogen and oxygen atoms in total. The standard InChI is InChI=1S/C16H17NO3S/c1-11(16(18)17-14-7-8-14)21(19,20)15-9-6-12-4-2-3-5-13(12)10-15/h2-6,9-11,14H,7-8H2,1H3,(H,17,18). The third kappa shape index (κ3) is 2.78. The molecule has 1 aliphatic carbocycles. The van der Waals surface area contributed by atoms with Gasteiger partial charge in [0, 0.05) is 6.04 Å². The Morgan fingerprint density at radius 2 is 1.81 bits per heavy atom. The number of amides is 1. The van der Waals surface area contributed by atoms with E-state index in [9.17, 15) is 13.2 Å². The first-order valence-corrected chi connectivity index (χ1v) is 8.56. The van der Waals surface area contributed by atoms with E-state index in [4.69, 9.17) is 0 Å². The lowest BCUT2D eigenvalue weighted by Crippen LogP contribution is -2.39. The maximum absolute atomic E-state index is 12.6. The first-order chi connectivity index (χ1) is 9.98. The molecule has 1 unspecified atom stereocenters. The molecule has 1 fully saturated rings. The lowest BCUT2D eigenvalue weighted by Gasteiger charge is -2.13. The van der Waals surface area contributed by atoms with E-state index in [1.807, 2.05) is 24.3 Å². The van der Waals surface area contributed by atoms with Gasteiger partial charge in [-0.05, 0) is 42.7 Å². The summed E-state index contributed by atoms with van der Waals surface area (Å²) in [6.07, 6.45) is 1.88. The van der Waals surface area contributed by atoms with E-state index in [-0.39, 0.29) is 10.9 Å². The number of carbonyl (C=O) groups is 1. The summed E-state index contributed by atoms with van der Waals surface area (Å²) >= 11 is 0. The highest BCUT2D eigenvalue weighted by molar-refractivity contribution is 7.92. The van der Waals surface area contributed by atoms with Crippen molar-refractivity contribution in [2.75, 3.05) is 0 Å². The largest absolute Gasteiger partial charge is 0.352 e. The third-order valence-corrected chi connectivity index (χ3v) is 5.86. The molecule has 5 heteroatoms. The second-order valence-electron chi connectivity index (χ2n) is 5.48. The average molecular weight is 303 g/mol. The second-order valence-corrected chi connectivity index (χ2v) is 7.75. The van der Waals surface area contributed by atoms with Crippen molar-refractivity contribution in [1.29, 1.82) is 0 Å². The highest BCUT2D eigenvalue weighted by Gasteiger charge is 2.33. The zero-order chi connectivity index (χ0) is 15.0. The minimum atomic E-state index is -3.66. The molecule has 0 aliphatic heterocycles. The van der Waals surface area contributed by atoms with Crippen LogP contribution in [-0.2, 0) is 14.6 Å². The predicted molar refractivity (Wildman–Crippen MR) is 81.8 cm³/mol. The number of rotatable bonds is 4. The topological polar surface area (TPSA) is 63.2 Å². The number of hydrogen-bond donors (Lipinski definition) is 1. The Labute approximate surface area is 124 Å². The Morgan fingerprint density at radius 3 is 2.48 bits per heavy atom. The molecule has 1 saturated carbocycles. The number of carbonyl (C=O) groups excluding carboxylic acids is 1. The van der Waals surface area contributed by atoms with Crippen LogP contribution in [0, 0.1) is 0 Å². The maximum Gasteiger partial charge on any atom is 0.238 e. The molecule has 0 spiro atoms. The van der Waals surface area contributed by atoms with Gasteiger partial charge in [-0.1, -0.05) is 30.3 Å². The minimum absolute atomic E-state index is 0.159. The Kier molecular flexibility index (Phi) is 3.45. The molecular formula is C16H17NO3S. The van der Waals surface area contributed by atoms with Crippen LogP contribution in [-0.4, -0.2) is 25.6 Å². The zero-order valence-electron chi connectivity index (χ0n) is 11.7. The molecule has 0 radical (unpaired) electrons. The Balaban J connectivity index is 1.92. The SMILES string of the molecule is CC(C(=O)NC1CC1)S(=O)(=O)c1ccc2ccccc2c1. The smallest absolute Gasteiger partial charge is 0.238 e. The van der Waals surface area contributed by atoms with Gasteiger partial charge in [0.25, 0.3) is 0 Å². The molecule has 0 saturated heterocycles. The van der Waals surface area contributed by atoms with Gasteiger partial charge in [0.2, 0.25) is 5.91 Å². The van der Waals surface area contributed by atoms with Crippen LogP contribution in [0.2, 0.25) is 0 Å². The molecule has 0 heterocycles. The fourth-order valence-corrected chi connectivity index (χ4v) is 3.54. The number of sulfone groups is 1. The molecule has 1 N–H and O–H groups in total. The molecule has 2 aromatic rings.